The van der Waals surface area contributed by atoms with Crippen molar-refractivity contribution in [2.45, 2.75) is 25.3 Å². The molecule has 9 heteroatoms. The molecule has 7 nitrogen and oxygen atoms in total. The van der Waals surface area contributed by atoms with Crippen molar-refractivity contribution < 1.29 is 13.2 Å². The number of ether oxygens (including phenoxy) is 1. The molecule has 0 radical (unpaired) electrons. The van der Waals surface area contributed by atoms with Crippen molar-refractivity contribution in [3.63, 3.8) is 0 Å². The molecular formula is C24H25N3O4S2. The van der Waals surface area contributed by atoms with E-state index in [9.17, 15) is 13.2 Å². The van der Waals surface area contributed by atoms with Crippen LogP contribution >= 0.6 is 11.3 Å². The highest BCUT2D eigenvalue weighted by molar-refractivity contribution is 7.89. The fraction of sp³-hybridized carbons (Fsp3) is 0.250. The van der Waals surface area contributed by atoms with Gasteiger partial charge in [-0.1, -0.05) is 18.2 Å². The van der Waals surface area contributed by atoms with E-state index in [1.54, 1.807) is 23.0 Å². The number of nitrogens with zero attached hydrogens (tertiary/aromatic N) is 3. The van der Waals surface area contributed by atoms with E-state index in [2.05, 4.69) is 31.0 Å². The molecule has 0 aliphatic rings. The molecule has 0 N–H and O–H groups in total. The number of aromatic nitrogens is 2. The van der Waals surface area contributed by atoms with Crippen molar-refractivity contribution in [1.82, 2.24) is 13.9 Å². The molecule has 2 aromatic carbocycles. The van der Waals surface area contributed by atoms with Crippen molar-refractivity contribution in [2.24, 2.45) is 0 Å². The summed E-state index contributed by atoms with van der Waals surface area (Å²) in [5, 5.41) is 2.59. The van der Waals surface area contributed by atoms with Crippen LogP contribution in [0.15, 0.2) is 63.9 Å². The fourth-order valence-corrected chi connectivity index (χ4v) is 5.24. The molecule has 0 unspecified atom stereocenters. The van der Waals surface area contributed by atoms with Gasteiger partial charge in [-0.3, -0.25) is 9.36 Å². The Morgan fingerprint density at radius 3 is 2.45 bits per heavy atom. The molecule has 172 valence electrons. The number of hydrogen-bond acceptors (Lipinski definition) is 6. The number of rotatable bonds is 7. The van der Waals surface area contributed by atoms with Gasteiger partial charge in [0.2, 0.25) is 10.0 Å². The lowest BCUT2D eigenvalue weighted by molar-refractivity contribution is 0.296. The van der Waals surface area contributed by atoms with Gasteiger partial charge in [0.25, 0.3) is 5.56 Å². The molecule has 2 heterocycles. The summed E-state index contributed by atoms with van der Waals surface area (Å²) in [5.41, 5.74) is 4.17. The number of thiophene rings is 1. The van der Waals surface area contributed by atoms with E-state index in [-0.39, 0.29) is 17.1 Å². The van der Waals surface area contributed by atoms with E-state index < -0.39 is 10.0 Å². The molecule has 0 fully saturated rings. The van der Waals surface area contributed by atoms with Gasteiger partial charge in [0.1, 0.15) is 17.2 Å². The summed E-state index contributed by atoms with van der Waals surface area (Å²) in [6, 6.07) is 12.4. The summed E-state index contributed by atoms with van der Waals surface area (Å²) >= 11 is 1.46. The van der Waals surface area contributed by atoms with Gasteiger partial charge in [0.15, 0.2) is 0 Å². The minimum atomic E-state index is -3.49. The molecule has 2 aromatic heterocycles. The average Bonchev–Trinajstić information content (AvgIpc) is 3.22. The van der Waals surface area contributed by atoms with Gasteiger partial charge >= 0.3 is 0 Å². The van der Waals surface area contributed by atoms with Crippen LogP contribution in [0, 0.1) is 13.8 Å². The Kier molecular flexibility index (Phi) is 6.38. The second-order valence-corrected chi connectivity index (χ2v) is 11.0. The second-order valence-electron chi connectivity index (χ2n) is 7.98. The molecule has 0 aliphatic carbocycles. The maximum absolute atomic E-state index is 13.2. The van der Waals surface area contributed by atoms with E-state index in [0.717, 1.165) is 15.4 Å². The predicted molar refractivity (Wildman–Crippen MR) is 132 cm³/mol. The van der Waals surface area contributed by atoms with Gasteiger partial charge in [-0.25, -0.2) is 17.7 Å². The molecule has 0 aliphatic heterocycles. The van der Waals surface area contributed by atoms with Crippen LogP contribution in [0.3, 0.4) is 0 Å². The Labute approximate surface area is 197 Å². The van der Waals surface area contributed by atoms with Crippen molar-refractivity contribution in [1.29, 1.82) is 0 Å². The first kappa shape index (κ1) is 23.2. The summed E-state index contributed by atoms with van der Waals surface area (Å²) in [6.07, 6.45) is 1.54. The fourth-order valence-electron chi connectivity index (χ4n) is 3.43. The van der Waals surface area contributed by atoms with E-state index in [1.165, 1.54) is 48.7 Å². The van der Waals surface area contributed by atoms with E-state index in [1.807, 2.05) is 11.4 Å². The van der Waals surface area contributed by atoms with Crippen molar-refractivity contribution >= 4 is 31.6 Å². The molecule has 4 aromatic rings. The third-order valence-electron chi connectivity index (χ3n) is 5.58. The van der Waals surface area contributed by atoms with Crippen LogP contribution in [-0.2, 0) is 16.6 Å². The van der Waals surface area contributed by atoms with Crippen LogP contribution in [-0.4, -0.2) is 43.0 Å². The van der Waals surface area contributed by atoms with Gasteiger partial charge in [-0.2, -0.15) is 0 Å². The summed E-state index contributed by atoms with van der Waals surface area (Å²) < 4.78 is 32.8. The van der Waals surface area contributed by atoms with E-state index >= 15 is 0 Å². The van der Waals surface area contributed by atoms with Crippen molar-refractivity contribution in [3.05, 3.63) is 75.7 Å². The molecule has 0 atom stereocenters. The highest BCUT2D eigenvalue weighted by Crippen LogP contribution is 2.31. The smallest absolute Gasteiger partial charge is 0.262 e. The second kappa shape index (κ2) is 9.09. The molecule has 0 saturated heterocycles. The Hall–Kier alpha value is -3.01. The predicted octanol–water partition coefficient (Wildman–Crippen LogP) is 4.07. The zero-order chi connectivity index (χ0) is 23.8. The average molecular weight is 484 g/mol. The lowest BCUT2D eigenvalue weighted by Gasteiger charge is -2.12. The summed E-state index contributed by atoms with van der Waals surface area (Å²) in [4.78, 5) is 18.6. The number of benzene rings is 2. The van der Waals surface area contributed by atoms with Crippen LogP contribution in [0.5, 0.6) is 5.75 Å². The minimum absolute atomic E-state index is 0.106. The van der Waals surface area contributed by atoms with Gasteiger partial charge in [0.05, 0.1) is 23.2 Å². The highest BCUT2D eigenvalue weighted by atomic mass is 32.2. The first-order valence-corrected chi connectivity index (χ1v) is 12.7. The number of aryl methyl sites for hydroxylation is 2. The zero-order valence-corrected chi connectivity index (χ0v) is 20.5. The van der Waals surface area contributed by atoms with Crippen LogP contribution in [0.2, 0.25) is 0 Å². The molecule has 0 saturated carbocycles. The summed E-state index contributed by atoms with van der Waals surface area (Å²) in [5.74, 6) is 0.529. The number of hydrogen-bond donors (Lipinski definition) is 0. The summed E-state index contributed by atoms with van der Waals surface area (Å²) in [6.45, 7) is 4.69. The molecule has 0 spiro atoms. The normalized spacial score (nSPS) is 11.9. The van der Waals surface area contributed by atoms with Gasteiger partial charge < -0.3 is 4.74 Å². The van der Waals surface area contributed by atoms with Gasteiger partial charge in [-0.15, -0.1) is 11.3 Å². The zero-order valence-electron chi connectivity index (χ0n) is 18.9. The van der Waals surface area contributed by atoms with Crippen LogP contribution in [0.1, 0.15) is 11.1 Å². The Morgan fingerprint density at radius 1 is 1.06 bits per heavy atom. The standard InChI is InChI=1S/C24H25N3O4S2/c1-16-5-6-18(13-17(16)2)21-14-32-23-22(21)24(28)27(15-25-23)11-12-31-19-7-9-20(10-8-19)33(29,30)26(3)4/h5-10,13-15H,11-12H2,1-4H3. The van der Waals surface area contributed by atoms with E-state index in [0.29, 0.717) is 22.5 Å². The van der Waals surface area contributed by atoms with Gasteiger partial charge in [-0.05, 0) is 54.8 Å². The number of fused-ring (bicyclic) bond motifs is 1. The third kappa shape index (κ3) is 4.57. The Bertz CT molecular complexity index is 1470. The molecular weight excluding hydrogens is 458 g/mol. The topological polar surface area (TPSA) is 81.5 Å². The van der Waals surface area contributed by atoms with Crippen LogP contribution < -0.4 is 10.3 Å². The maximum Gasteiger partial charge on any atom is 0.262 e. The lowest BCUT2D eigenvalue weighted by atomic mass is 10.0. The maximum atomic E-state index is 13.2. The third-order valence-corrected chi connectivity index (χ3v) is 8.30. The molecule has 33 heavy (non-hydrogen) atoms. The minimum Gasteiger partial charge on any atom is -0.492 e. The summed E-state index contributed by atoms with van der Waals surface area (Å²) in [7, 11) is -0.511. The van der Waals surface area contributed by atoms with Crippen LogP contribution in [0.25, 0.3) is 21.3 Å². The number of sulfonamides is 1. The lowest BCUT2D eigenvalue weighted by Crippen LogP contribution is -2.23. The quantitative estimate of drug-likeness (QED) is 0.396. The molecule has 0 amide bonds. The molecule has 4 rings (SSSR count). The monoisotopic (exact) mass is 483 g/mol. The highest BCUT2D eigenvalue weighted by Gasteiger charge is 2.17. The van der Waals surface area contributed by atoms with E-state index in [4.69, 9.17) is 4.74 Å². The SMILES string of the molecule is Cc1ccc(-c2csc3ncn(CCOc4ccc(S(=O)(=O)N(C)C)cc4)c(=O)c23)cc1C. The van der Waals surface area contributed by atoms with Gasteiger partial charge in [0, 0.05) is 25.0 Å². The largest absolute Gasteiger partial charge is 0.492 e. The molecule has 0 bridgehead atoms. The first-order chi connectivity index (χ1) is 15.7. The first-order valence-electron chi connectivity index (χ1n) is 10.4. The Morgan fingerprint density at radius 2 is 1.79 bits per heavy atom. The van der Waals surface area contributed by atoms with Crippen LogP contribution in [0.4, 0.5) is 0 Å². The van der Waals surface area contributed by atoms with Crippen molar-refractivity contribution in [2.75, 3.05) is 20.7 Å². The Balaban J connectivity index is 1.52. The van der Waals surface area contributed by atoms with Crippen molar-refractivity contribution in [3.8, 4) is 16.9 Å².